The molecule has 1 unspecified atom stereocenters. The van der Waals surface area contributed by atoms with Crippen LogP contribution >= 0.6 is 0 Å². The highest BCUT2D eigenvalue weighted by Gasteiger charge is 2.38. The summed E-state index contributed by atoms with van der Waals surface area (Å²) in [5, 5.41) is 5.61. The molecule has 2 amide bonds. The van der Waals surface area contributed by atoms with Gasteiger partial charge in [0.25, 0.3) is 0 Å². The maximum atomic E-state index is 12.9. The van der Waals surface area contributed by atoms with Crippen molar-refractivity contribution in [3.05, 3.63) is 48.0 Å². The van der Waals surface area contributed by atoms with E-state index in [2.05, 4.69) is 68.4 Å². The Labute approximate surface area is 157 Å². The third kappa shape index (κ3) is 3.70. The molecule has 1 heterocycles. The highest BCUT2D eigenvalue weighted by molar-refractivity contribution is 5.86. The lowest BCUT2D eigenvalue weighted by Crippen LogP contribution is -2.57. The highest BCUT2D eigenvalue weighted by atomic mass is 16.2. The molecule has 0 saturated carbocycles. The second kappa shape index (κ2) is 7.28. The average molecular weight is 354 g/mol. The third-order valence-corrected chi connectivity index (χ3v) is 5.78. The van der Waals surface area contributed by atoms with Crippen LogP contribution in [0.1, 0.15) is 38.8 Å². The van der Waals surface area contributed by atoms with Crippen molar-refractivity contribution in [3.8, 4) is 0 Å². The molecular formula is C22H31N3O. The molecule has 0 aromatic heterocycles. The van der Waals surface area contributed by atoms with Crippen molar-refractivity contribution in [2.75, 3.05) is 27.2 Å². The lowest BCUT2D eigenvalue weighted by molar-refractivity contribution is 0.0446. The number of likely N-dealkylation sites (tertiary alicyclic amines) is 1. The van der Waals surface area contributed by atoms with Crippen molar-refractivity contribution >= 4 is 16.8 Å². The fourth-order valence-electron chi connectivity index (χ4n) is 4.47. The van der Waals surface area contributed by atoms with Gasteiger partial charge in [-0.15, -0.1) is 0 Å². The zero-order valence-corrected chi connectivity index (χ0v) is 16.6. The topological polar surface area (TPSA) is 35.6 Å². The number of benzene rings is 2. The number of piperidine rings is 1. The summed E-state index contributed by atoms with van der Waals surface area (Å²) in [6.45, 7) is 8.61. The lowest BCUT2D eigenvalue weighted by atomic mass is 9.78. The van der Waals surface area contributed by atoms with Gasteiger partial charge in [-0.2, -0.15) is 0 Å². The number of hydrogen-bond donors (Lipinski definition) is 1. The Morgan fingerprint density at radius 3 is 2.65 bits per heavy atom. The van der Waals surface area contributed by atoms with E-state index in [0.29, 0.717) is 0 Å². The van der Waals surface area contributed by atoms with Gasteiger partial charge in [0.05, 0.1) is 6.04 Å². The van der Waals surface area contributed by atoms with E-state index in [0.717, 1.165) is 25.1 Å². The van der Waals surface area contributed by atoms with Gasteiger partial charge in [0.15, 0.2) is 0 Å². The number of fused-ring (bicyclic) bond motifs is 1. The predicted molar refractivity (Wildman–Crippen MR) is 108 cm³/mol. The molecule has 4 nitrogen and oxygen atoms in total. The Morgan fingerprint density at radius 2 is 1.92 bits per heavy atom. The van der Waals surface area contributed by atoms with E-state index in [1.54, 1.807) is 0 Å². The molecule has 140 valence electrons. The lowest BCUT2D eigenvalue weighted by Gasteiger charge is -2.47. The predicted octanol–water partition coefficient (Wildman–Crippen LogP) is 4.27. The zero-order valence-electron chi connectivity index (χ0n) is 16.6. The third-order valence-electron chi connectivity index (χ3n) is 5.78. The van der Waals surface area contributed by atoms with Crippen LogP contribution in [0.2, 0.25) is 0 Å². The molecule has 2 aromatic rings. The van der Waals surface area contributed by atoms with Crippen LogP contribution in [0.3, 0.4) is 0 Å². The summed E-state index contributed by atoms with van der Waals surface area (Å²) in [6.07, 6.45) is 1.01. The number of hydrogen-bond acceptors (Lipinski definition) is 2. The van der Waals surface area contributed by atoms with Gasteiger partial charge >= 0.3 is 6.03 Å². The molecule has 1 saturated heterocycles. The summed E-state index contributed by atoms with van der Waals surface area (Å²) in [6, 6.07) is 14.8. The van der Waals surface area contributed by atoms with Crippen LogP contribution in [-0.4, -0.2) is 49.1 Å². The fraction of sp³-hybridized carbons (Fsp3) is 0.500. The number of carbonyl (C=O) groups excluding carboxylic acids is 1. The van der Waals surface area contributed by atoms with Gasteiger partial charge in [-0.05, 0) is 48.7 Å². The first kappa shape index (κ1) is 18.7. The second-order valence-corrected chi connectivity index (χ2v) is 8.38. The normalized spacial score (nSPS) is 21.3. The van der Waals surface area contributed by atoms with Gasteiger partial charge < -0.3 is 15.1 Å². The summed E-state index contributed by atoms with van der Waals surface area (Å²) in [4.78, 5) is 17.2. The number of rotatable bonds is 3. The Balaban J connectivity index is 1.74. The van der Waals surface area contributed by atoms with Crippen LogP contribution in [0.25, 0.3) is 10.8 Å². The molecule has 1 aliphatic heterocycles. The molecule has 2 aromatic carbocycles. The summed E-state index contributed by atoms with van der Waals surface area (Å²) >= 11 is 0. The smallest absolute Gasteiger partial charge is 0.317 e. The van der Waals surface area contributed by atoms with Crippen molar-refractivity contribution in [1.82, 2.24) is 15.1 Å². The van der Waals surface area contributed by atoms with E-state index in [4.69, 9.17) is 0 Å². The van der Waals surface area contributed by atoms with Crippen molar-refractivity contribution in [2.45, 2.75) is 39.3 Å². The molecule has 0 radical (unpaired) electrons. The molecule has 1 fully saturated rings. The van der Waals surface area contributed by atoms with Crippen LogP contribution < -0.4 is 5.32 Å². The maximum absolute atomic E-state index is 12.9. The largest absolute Gasteiger partial charge is 0.331 e. The maximum Gasteiger partial charge on any atom is 0.317 e. The molecular weight excluding hydrogens is 322 g/mol. The Hall–Kier alpha value is -2.07. The Kier molecular flexibility index (Phi) is 5.24. The number of amides is 2. The van der Waals surface area contributed by atoms with E-state index in [1.807, 2.05) is 24.1 Å². The van der Waals surface area contributed by atoms with Crippen LogP contribution in [0.15, 0.2) is 42.5 Å². The van der Waals surface area contributed by atoms with Gasteiger partial charge in [-0.25, -0.2) is 4.79 Å². The van der Waals surface area contributed by atoms with Crippen molar-refractivity contribution in [1.29, 1.82) is 0 Å². The van der Waals surface area contributed by atoms with Crippen LogP contribution in [0.4, 0.5) is 4.79 Å². The van der Waals surface area contributed by atoms with E-state index >= 15 is 0 Å². The van der Waals surface area contributed by atoms with Gasteiger partial charge in [-0.1, -0.05) is 56.3 Å². The van der Waals surface area contributed by atoms with Gasteiger partial charge in [0.1, 0.15) is 0 Å². The highest BCUT2D eigenvalue weighted by Crippen LogP contribution is 2.32. The van der Waals surface area contributed by atoms with Crippen molar-refractivity contribution in [3.63, 3.8) is 0 Å². The fourth-order valence-corrected chi connectivity index (χ4v) is 4.47. The molecule has 3 rings (SSSR count). The quantitative estimate of drug-likeness (QED) is 0.894. The standard InChI is InChI=1S/C22H31N3O/c1-16(18-12-8-10-17-9-6-7-11-19(17)18)23-21(26)25(5)20-13-14-24(4)15-22(20,2)3/h6-12,16,20H,13-15H2,1-5H3,(H,23,26)/t16?,20-/m1/s1. The second-order valence-electron chi connectivity index (χ2n) is 8.38. The summed E-state index contributed by atoms with van der Waals surface area (Å²) in [5.74, 6) is 0. The molecule has 0 spiro atoms. The molecule has 26 heavy (non-hydrogen) atoms. The number of nitrogens with zero attached hydrogens (tertiary/aromatic N) is 2. The first-order chi connectivity index (χ1) is 12.3. The van der Waals surface area contributed by atoms with Gasteiger partial charge in [-0.3, -0.25) is 0 Å². The Morgan fingerprint density at radius 1 is 1.23 bits per heavy atom. The summed E-state index contributed by atoms with van der Waals surface area (Å²) < 4.78 is 0. The van der Waals surface area contributed by atoms with Crippen LogP contribution in [-0.2, 0) is 0 Å². The minimum absolute atomic E-state index is 0.00747. The molecule has 4 heteroatoms. The molecule has 0 aliphatic carbocycles. The first-order valence-corrected chi connectivity index (χ1v) is 9.49. The van der Waals surface area contributed by atoms with E-state index in [1.165, 1.54) is 10.8 Å². The minimum atomic E-state index is -0.0366. The summed E-state index contributed by atoms with van der Waals surface area (Å²) in [5.41, 5.74) is 1.24. The van der Waals surface area contributed by atoms with Crippen LogP contribution in [0, 0.1) is 5.41 Å². The number of urea groups is 1. The number of nitrogens with one attached hydrogen (secondary N) is 1. The first-order valence-electron chi connectivity index (χ1n) is 9.49. The average Bonchev–Trinajstić information content (AvgIpc) is 2.59. The van der Waals surface area contributed by atoms with E-state index in [-0.39, 0.29) is 23.5 Å². The zero-order chi connectivity index (χ0) is 18.9. The molecule has 2 atom stereocenters. The van der Waals surface area contributed by atoms with E-state index in [9.17, 15) is 4.79 Å². The van der Waals surface area contributed by atoms with E-state index < -0.39 is 0 Å². The van der Waals surface area contributed by atoms with Crippen LogP contribution in [0.5, 0.6) is 0 Å². The summed E-state index contributed by atoms with van der Waals surface area (Å²) in [7, 11) is 4.09. The van der Waals surface area contributed by atoms with Crippen molar-refractivity contribution in [2.24, 2.45) is 5.41 Å². The SMILES string of the molecule is CC(NC(=O)N(C)[C@@H]1CCN(C)CC1(C)C)c1cccc2ccccc12. The number of carbonyl (C=O) groups is 1. The molecule has 0 bridgehead atoms. The monoisotopic (exact) mass is 353 g/mol. The molecule has 1 aliphatic rings. The van der Waals surface area contributed by atoms with Crippen molar-refractivity contribution < 1.29 is 4.79 Å². The van der Waals surface area contributed by atoms with Gasteiger partial charge in [0.2, 0.25) is 0 Å². The minimum Gasteiger partial charge on any atom is -0.331 e. The molecule has 1 N–H and O–H groups in total. The Bertz CT molecular complexity index is 781. The van der Waals surface area contributed by atoms with Gasteiger partial charge in [0, 0.05) is 19.6 Å².